The van der Waals surface area contributed by atoms with Gasteiger partial charge in [0.25, 0.3) is 0 Å². The Morgan fingerprint density at radius 3 is 2.41 bits per heavy atom. The Bertz CT molecular complexity index is 696. The zero-order valence-electron chi connectivity index (χ0n) is 11.3. The summed E-state index contributed by atoms with van der Waals surface area (Å²) in [7, 11) is 1.29. The lowest BCUT2D eigenvalue weighted by Crippen LogP contribution is -2.06. The highest BCUT2D eigenvalue weighted by Gasteiger charge is 2.31. The van der Waals surface area contributed by atoms with Gasteiger partial charge in [0.15, 0.2) is 17.9 Å². The SMILES string of the molecule is COc1cccc(F)c1Oc1ccc(C(F)(F)F)cc1C=O. The molecule has 0 spiro atoms. The maximum absolute atomic E-state index is 13.8. The lowest BCUT2D eigenvalue weighted by molar-refractivity contribution is -0.137. The molecule has 0 heterocycles. The number of hydrogen-bond donors (Lipinski definition) is 0. The van der Waals surface area contributed by atoms with Crippen LogP contribution in [0.4, 0.5) is 17.6 Å². The van der Waals surface area contributed by atoms with Gasteiger partial charge in [-0.25, -0.2) is 4.39 Å². The molecule has 3 nitrogen and oxygen atoms in total. The molecule has 0 aliphatic heterocycles. The van der Waals surface area contributed by atoms with E-state index >= 15 is 0 Å². The van der Waals surface area contributed by atoms with Crippen molar-refractivity contribution in [3.8, 4) is 17.2 Å². The fourth-order valence-corrected chi connectivity index (χ4v) is 1.77. The first-order chi connectivity index (χ1) is 10.4. The quantitative estimate of drug-likeness (QED) is 0.617. The summed E-state index contributed by atoms with van der Waals surface area (Å²) in [5, 5.41) is 0. The van der Waals surface area contributed by atoms with Gasteiger partial charge in [0, 0.05) is 0 Å². The van der Waals surface area contributed by atoms with Crippen molar-refractivity contribution >= 4 is 6.29 Å². The lowest BCUT2D eigenvalue weighted by atomic mass is 10.1. The normalized spacial score (nSPS) is 11.1. The molecule has 0 amide bonds. The molecule has 0 bridgehead atoms. The number of carbonyl (C=O) groups excluding carboxylic acids is 1. The highest BCUT2D eigenvalue weighted by molar-refractivity contribution is 5.80. The zero-order valence-corrected chi connectivity index (χ0v) is 11.3. The summed E-state index contributed by atoms with van der Waals surface area (Å²) in [6.07, 6.45) is -4.39. The van der Waals surface area contributed by atoms with Crippen molar-refractivity contribution in [2.45, 2.75) is 6.18 Å². The smallest absolute Gasteiger partial charge is 0.416 e. The van der Waals surface area contributed by atoms with Crippen LogP contribution in [0.15, 0.2) is 36.4 Å². The highest BCUT2D eigenvalue weighted by atomic mass is 19.4. The summed E-state index contributed by atoms with van der Waals surface area (Å²) in [6.45, 7) is 0. The van der Waals surface area contributed by atoms with E-state index in [9.17, 15) is 22.4 Å². The Labute approximate surface area is 123 Å². The molecule has 0 atom stereocenters. The van der Waals surface area contributed by atoms with Crippen LogP contribution in [0.2, 0.25) is 0 Å². The van der Waals surface area contributed by atoms with E-state index in [1.807, 2.05) is 0 Å². The van der Waals surface area contributed by atoms with Crippen molar-refractivity contribution < 1.29 is 31.8 Å². The Morgan fingerprint density at radius 2 is 1.82 bits per heavy atom. The van der Waals surface area contributed by atoms with Gasteiger partial charge < -0.3 is 9.47 Å². The molecule has 2 rings (SSSR count). The summed E-state index contributed by atoms with van der Waals surface area (Å²) in [4.78, 5) is 11.0. The number of para-hydroxylation sites is 1. The van der Waals surface area contributed by atoms with Crippen molar-refractivity contribution in [3.63, 3.8) is 0 Å². The second-order valence-electron chi connectivity index (χ2n) is 4.24. The van der Waals surface area contributed by atoms with E-state index in [-0.39, 0.29) is 29.1 Å². The molecular formula is C15H10F4O3. The molecule has 7 heteroatoms. The average molecular weight is 314 g/mol. The van der Waals surface area contributed by atoms with Gasteiger partial charge in [0.2, 0.25) is 5.75 Å². The van der Waals surface area contributed by atoms with Crippen LogP contribution < -0.4 is 9.47 Å². The molecule has 116 valence electrons. The van der Waals surface area contributed by atoms with Crippen molar-refractivity contribution in [2.24, 2.45) is 0 Å². The van der Waals surface area contributed by atoms with Crippen LogP contribution in [0.5, 0.6) is 17.2 Å². The monoisotopic (exact) mass is 314 g/mol. The van der Waals surface area contributed by atoms with Gasteiger partial charge in [-0.3, -0.25) is 4.79 Å². The maximum atomic E-state index is 13.8. The number of aldehydes is 1. The van der Waals surface area contributed by atoms with E-state index < -0.39 is 17.6 Å². The predicted octanol–water partition coefficient (Wildman–Crippen LogP) is 4.46. The minimum absolute atomic E-state index is 0.0525. The van der Waals surface area contributed by atoms with Gasteiger partial charge in [0.05, 0.1) is 18.2 Å². The molecule has 0 unspecified atom stereocenters. The lowest BCUT2D eigenvalue weighted by Gasteiger charge is -2.14. The van der Waals surface area contributed by atoms with Crippen LogP contribution in [0, 0.1) is 5.82 Å². The summed E-state index contributed by atoms with van der Waals surface area (Å²) in [5.74, 6) is -1.23. The Hall–Kier alpha value is -2.57. The summed E-state index contributed by atoms with van der Waals surface area (Å²) >= 11 is 0. The van der Waals surface area contributed by atoms with E-state index in [2.05, 4.69) is 0 Å². The van der Waals surface area contributed by atoms with Crippen molar-refractivity contribution in [3.05, 3.63) is 53.3 Å². The largest absolute Gasteiger partial charge is 0.493 e. The third kappa shape index (κ3) is 3.19. The Balaban J connectivity index is 2.45. The molecule has 2 aromatic carbocycles. The summed E-state index contributed by atoms with van der Waals surface area (Å²) < 4.78 is 61.7. The van der Waals surface area contributed by atoms with E-state index in [0.717, 1.165) is 18.2 Å². The summed E-state index contributed by atoms with van der Waals surface area (Å²) in [5.41, 5.74) is -1.34. The molecule has 0 saturated heterocycles. The number of rotatable bonds is 4. The van der Waals surface area contributed by atoms with Gasteiger partial charge >= 0.3 is 6.18 Å². The summed E-state index contributed by atoms with van der Waals surface area (Å²) in [6, 6.07) is 6.24. The number of carbonyl (C=O) groups is 1. The van der Waals surface area contributed by atoms with Crippen LogP contribution in [0.25, 0.3) is 0 Å². The van der Waals surface area contributed by atoms with Gasteiger partial charge in [-0.15, -0.1) is 0 Å². The second kappa shape index (κ2) is 6.05. The van der Waals surface area contributed by atoms with Crippen LogP contribution >= 0.6 is 0 Å². The molecule has 0 saturated carbocycles. The van der Waals surface area contributed by atoms with Crippen molar-refractivity contribution in [2.75, 3.05) is 7.11 Å². The predicted molar refractivity (Wildman–Crippen MR) is 69.9 cm³/mol. The average Bonchev–Trinajstić information content (AvgIpc) is 2.48. The molecule has 2 aromatic rings. The zero-order chi connectivity index (χ0) is 16.3. The van der Waals surface area contributed by atoms with Crippen LogP contribution in [-0.4, -0.2) is 13.4 Å². The van der Waals surface area contributed by atoms with Gasteiger partial charge in [0.1, 0.15) is 5.75 Å². The first kappa shape index (κ1) is 15.8. The first-order valence-corrected chi connectivity index (χ1v) is 6.03. The Kier molecular flexibility index (Phi) is 4.35. The van der Waals surface area contributed by atoms with Gasteiger partial charge in [-0.05, 0) is 30.3 Å². The van der Waals surface area contributed by atoms with Gasteiger partial charge in [-0.2, -0.15) is 13.2 Å². The second-order valence-corrected chi connectivity index (χ2v) is 4.24. The van der Waals surface area contributed by atoms with Crippen molar-refractivity contribution in [1.82, 2.24) is 0 Å². The van der Waals surface area contributed by atoms with Crippen LogP contribution in [0.1, 0.15) is 15.9 Å². The number of ether oxygens (including phenoxy) is 2. The standard InChI is InChI=1S/C15H10F4O3/c1-21-13-4-2-3-11(16)14(13)22-12-6-5-10(15(17,18)19)7-9(12)8-20/h2-8H,1H3. The highest BCUT2D eigenvalue weighted by Crippen LogP contribution is 2.37. The fourth-order valence-electron chi connectivity index (χ4n) is 1.77. The third-order valence-corrected chi connectivity index (χ3v) is 2.83. The number of hydrogen-bond acceptors (Lipinski definition) is 3. The molecule has 22 heavy (non-hydrogen) atoms. The van der Waals surface area contributed by atoms with Crippen LogP contribution in [0.3, 0.4) is 0 Å². The van der Waals surface area contributed by atoms with Gasteiger partial charge in [-0.1, -0.05) is 6.07 Å². The van der Waals surface area contributed by atoms with Crippen LogP contribution in [-0.2, 0) is 6.18 Å². The molecule has 0 radical (unpaired) electrons. The topological polar surface area (TPSA) is 35.5 Å². The molecule has 0 aliphatic carbocycles. The first-order valence-electron chi connectivity index (χ1n) is 6.03. The number of methoxy groups -OCH3 is 1. The number of alkyl halides is 3. The van der Waals surface area contributed by atoms with E-state index in [1.54, 1.807) is 0 Å². The van der Waals surface area contributed by atoms with E-state index in [1.165, 1.54) is 19.2 Å². The number of benzene rings is 2. The van der Waals surface area contributed by atoms with E-state index in [4.69, 9.17) is 9.47 Å². The molecule has 0 aliphatic rings. The number of halogens is 4. The third-order valence-electron chi connectivity index (χ3n) is 2.83. The minimum Gasteiger partial charge on any atom is -0.493 e. The molecule has 0 fully saturated rings. The molecule has 0 N–H and O–H groups in total. The molecule has 0 aromatic heterocycles. The van der Waals surface area contributed by atoms with E-state index in [0.29, 0.717) is 6.07 Å². The van der Waals surface area contributed by atoms with Crippen molar-refractivity contribution in [1.29, 1.82) is 0 Å². The minimum atomic E-state index is -4.59. The maximum Gasteiger partial charge on any atom is 0.416 e. The fraction of sp³-hybridized carbons (Fsp3) is 0.133. The molecular weight excluding hydrogens is 304 g/mol. The Morgan fingerprint density at radius 1 is 1.09 bits per heavy atom.